The van der Waals surface area contributed by atoms with Crippen LogP contribution in [-0.4, -0.2) is 19.9 Å². The van der Waals surface area contributed by atoms with Gasteiger partial charge >= 0.3 is 0 Å². The molecule has 0 aliphatic rings. The van der Waals surface area contributed by atoms with E-state index in [0.29, 0.717) is 23.6 Å². The third-order valence-electron chi connectivity index (χ3n) is 24.9. The van der Waals surface area contributed by atoms with Crippen molar-refractivity contribution in [3.8, 4) is 68.1 Å². The van der Waals surface area contributed by atoms with Crippen LogP contribution in [0.3, 0.4) is 0 Å². The summed E-state index contributed by atoms with van der Waals surface area (Å²) in [5.74, 6) is 2.70. The summed E-state index contributed by atoms with van der Waals surface area (Å²) in [4.78, 5) is 19.0. The molecule has 0 saturated carbocycles. The summed E-state index contributed by atoms with van der Waals surface area (Å²) in [5.41, 5.74) is 20.2. The van der Waals surface area contributed by atoms with Crippen LogP contribution >= 0.6 is 0 Å². The van der Waals surface area contributed by atoms with Crippen molar-refractivity contribution in [2.45, 2.75) is 59.3 Å². The van der Waals surface area contributed by atoms with Gasteiger partial charge in [0.15, 0.2) is 22.3 Å². The molecule has 574 valence electrons. The van der Waals surface area contributed by atoms with Gasteiger partial charge in [0, 0.05) is 22.3 Å². The van der Waals surface area contributed by atoms with E-state index in [1.54, 1.807) is 0 Å². The Balaban J connectivity index is 0.0000000945. The molecule has 0 aliphatic carbocycles. The molecule has 0 spiro atoms. The average Bonchev–Trinajstić information content (AvgIpc) is 1.72. The monoisotopic (exact) mass is 1550 g/mol. The number of rotatable bonds is 6. The number of oxazole rings is 4. The van der Waals surface area contributed by atoms with Crippen molar-refractivity contribution in [2.24, 2.45) is 0 Å². The van der Waals surface area contributed by atoms with Gasteiger partial charge in [0.25, 0.3) is 0 Å². The molecule has 0 unspecified atom stereocenters. The van der Waals surface area contributed by atoms with E-state index in [0.717, 1.165) is 66.7 Å². The van der Waals surface area contributed by atoms with E-state index >= 15 is 0 Å². The number of benzene rings is 22. The predicted octanol–water partition coefficient (Wildman–Crippen LogP) is 31.8. The van der Waals surface area contributed by atoms with Gasteiger partial charge in [0.1, 0.15) is 22.1 Å². The van der Waals surface area contributed by atoms with E-state index in [2.05, 4.69) is 297 Å². The predicted molar refractivity (Wildman–Crippen MR) is 506 cm³/mol. The fourth-order valence-electron chi connectivity index (χ4n) is 18.9. The quantitative estimate of drug-likeness (QED) is 0.152. The molecule has 0 atom stereocenters. The number of hydrogen-bond acceptors (Lipinski definition) is 8. The molecule has 0 saturated heterocycles. The summed E-state index contributed by atoms with van der Waals surface area (Å²) in [6.07, 6.45) is 0. The SMILES string of the molecule is CC(C)(C)c1ccc(-c2ccc3ccc4c(-c5nc6ccccc6o5)ccc5ccc2c3c54)cc1.CC(C)(C)c1ccc2ccc3c(-c4nc5ccccc5o4)ccc4ccc1c2c43.Cc1ccc(-c2ccc3ccc4c(-c5nc6ccccc6o5)ccc5ccc2c3c54)cc1.c1cc2ccc3ccc(-c4nc5ccccc5o4)c4ccc(c1)c2c34. The minimum Gasteiger partial charge on any atom is -0.436 e. The second-order valence-electron chi connectivity index (χ2n) is 34.3. The molecule has 4 aromatic heterocycles. The summed E-state index contributed by atoms with van der Waals surface area (Å²) in [7, 11) is 0. The number of aromatic nitrogens is 4. The van der Waals surface area contributed by atoms with Crippen molar-refractivity contribution in [1.29, 1.82) is 0 Å². The fraction of sp³-hybridized carbons (Fsp3) is 0.0796. The van der Waals surface area contributed by atoms with Gasteiger partial charge < -0.3 is 17.7 Å². The Morgan fingerprint density at radius 1 is 0.198 bits per heavy atom. The van der Waals surface area contributed by atoms with Crippen LogP contribution in [0.25, 0.3) is 242 Å². The average molecular weight is 1560 g/mol. The molecule has 8 heteroatoms. The summed E-state index contributed by atoms with van der Waals surface area (Å²) in [5, 5.41) is 30.3. The van der Waals surface area contributed by atoms with Crippen molar-refractivity contribution in [3.05, 3.63) is 362 Å². The van der Waals surface area contributed by atoms with Crippen LogP contribution in [0.15, 0.2) is 363 Å². The van der Waals surface area contributed by atoms with Gasteiger partial charge in [-0.3, -0.25) is 0 Å². The summed E-state index contributed by atoms with van der Waals surface area (Å²) >= 11 is 0. The summed E-state index contributed by atoms with van der Waals surface area (Å²) in [6, 6.07) is 122. The summed E-state index contributed by atoms with van der Waals surface area (Å²) < 4.78 is 24.4. The standard InChI is InChI=1S/C33H25NO.C30H19NO.C27H21NO.C23H13NO/c1-33(2,3)23-14-8-20(9-15-23)24-16-10-21-12-18-26-27(32-34-28-6-4-5-7-29(28)35-32)19-13-22-11-17-25(24)30(21)31(22)26;1-18-6-8-19(9-7-18)22-14-10-20-12-16-24-25(30-31-26-4-2-3-5-27(26)32-30)17-13-21-11-15-23(22)28(20)29(21)24;1-27(2,3)21-15-11-17-8-12-18-19(26-28-22-6-4-5-7-23(22)29-26)13-9-16-10-14-20(21)25(17)24(16)18;1-2-7-20-19(6-1)24-23(25-20)18-13-11-16-9-8-14-4-3-5-15-10-12-17(18)22(16)21(14)15/h4-19H,1-3H3;2-17H,1H3;4-15H,1-3H3;1-13H. The molecule has 0 amide bonds. The smallest absolute Gasteiger partial charge is 0.227 e. The molecule has 22 aromatic carbocycles. The molecule has 26 aromatic rings. The Bertz CT molecular complexity index is 8410. The highest BCUT2D eigenvalue weighted by molar-refractivity contribution is 6.31. The van der Waals surface area contributed by atoms with E-state index in [1.807, 2.05) is 97.1 Å². The molecule has 26 rings (SSSR count). The third-order valence-corrected chi connectivity index (χ3v) is 24.9. The Hall–Kier alpha value is -15.1. The highest BCUT2D eigenvalue weighted by Gasteiger charge is 2.25. The Morgan fingerprint density at radius 2 is 0.446 bits per heavy atom. The zero-order valence-electron chi connectivity index (χ0n) is 67.8. The largest absolute Gasteiger partial charge is 0.436 e. The first kappa shape index (κ1) is 71.2. The van der Waals surface area contributed by atoms with Crippen molar-refractivity contribution in [2.75, 3.05) is 0 Å². The minimum absolute atomic E-state index is 0.0887. The molecule has 0 aliphatic heterocycles. The van der Waals surface area contributed by atoms with Crippen LogP contribution in [-0.2, 0) is 10.8 Å². The van der Waals surface area contributed by atoms with Crippen molar-refractivity contribution < 1.29 is 17.7 Å². The molecule has 0 fully saturated rings. The molecule has 8 nitrogen and oxygen atoms in total. The van der Waals surface area contributed by atoms with Crippen LogP contribution in [0.2, 0.25) is 0 Å². The third kappa shape index (κ3) is 11.9. The van der Waals surface area contributed by atoms with Gasteiger partial charge in [-0.2, -0.15) is 0 Å². The van der Waals surface area contributed by atoms with Gasteiger partial charge in [-0.15, -0.1) is 0 Å². The Labute approximate surface area is 696 Å². The van der Waals surface area contributed by atoms with Crippen LogP contribution in [0.1, 0.15) is 58.2 Å². The Morgan fingerprint density at radius 3 is 0.760 bits per heavy atom. The van der Waals surface area contributed by atoms with Crippen LogP contribution < -0.4 is 0 Å². The highest BCUT2D eigenvalue weighted by atomic mass is 16.4. The highest BCUT2D eigenvalue weighted by Crippen LogP contribution is 2.48. The lowest BCUT2D eigenvalue weighted by Gasteiger charge is -2.23. The number of nitrogens with zero attached hydrogens (tertiary/aromatic N) is 4. The van der Waals surface area contributed by atoms with Gasteiger partial charge in [-0.25, -0.2) is 19.9 Å². The van der Waals surface area contributed by atoms with Gasteiger partial charge in [0.2, 0.25) is 23.6 Å². The number of para-hydroxylation sites is 8. The van der Waals surface area contributed by atoms with Crippen molar-refractivity contribution in [3.63, 3.8) is 0 Å². The number of aryl methyl sites for hydroxylation is 1. The molecule has 121 heavy (non-hydrogen) atoms. The maximum Gasteiger partial charge on any atom is 0.227 e. The zero-order valence-corrected chi connectivity index (χ0v) is 67.8. The molecular formula is C113H78N4O4. The van der Waals surface area contributed by atoms with Gasteiger partial charge in [0.05, 0.1) is 0 Å². The normalized spacial score (nSPS) is 12.3. The molecule has 0 bridgehead atoms. The fourth-order valence-corrected chi connectivity index (χ4v) is 18.9. The first-order valence-corrected chi connectivity index (χ1v) is 41.5. The second-order valence-corrected chi connectivity index (χ2v) is 34.3. The van der Waals surface area contributed by atoms with Crippen molar-refractivity contribution in [1.82, 2.24) is 19.9 Å². The first-order chi connectivity index (χ1) is 59.1. The second kappa shape index (κ2) is 27.5. The molecule has 0 radical (unpaired) electrons. The lowest BCUT2D eigenvalue weighted by atomic mass is 9.81. The summed E-state index contributed by atoms with van der Waals surface area (Å²) in [6.45, 7) is 15.7. The minimum atomic E-state index is 0.0887. The topological polar surface area (TPSA) is 104 Å². The number of fused-ring (bicyclic) bond motifs is 4. The van der Waals surface area contributed by atoms with Crippen LogP contribution in [0.5, 0.6) is 0 Å². The van der Waals surface area contributed by atoms with E-state index in [1.165, 1.54) is 168 Å². The molecule has 0 N–H and O–H groups in total. The first-order valence-electron chi connectivity index (χ1n) is 41.5. The maximum absolute atomic E-state index is 6.16. The maximum atomic E-state index is 6.16. The molecule has 4 heterocycles. The lowest BCUT2D eigenvalue weighted by Crippen LogP contribution is -2.11. The Kier molecular flexibility index (Phi) is 16.2. The lowest BCUT2D eigenvalue weighted by molar-refractivity contribution is 0.590. The van der Waals surface area contributed by atoms with E-state index in [-0.39, 0.29) is 10.8 Å². The van der Waals surface area contributed by atoms with Crippen LogP contribution in [0.4, 0.5) is 0 Å². The number of hydrogen-bond donors (Lipinski definition) is 0. The van der Waals surface area contributed by atoms with E-state index < -0.39 is 0 Å². The van der Waals surface area contributed by atoms with E-state index in [9.17, 15) is 0 Å². The van der Waals surface area contributed by atoms with Gasteiger partial charge in [-0.05, 0) is 253 Å². The van der Waals surface area contributed by atoms with Crippen molar-refractivity contribution >= 4 is 174 Å². The van der Waals surface area contributed by atoms with Crippen LogP contribution in [0, 0.1) is 6.92 Å². The molecular weight excluding hydrogens is 1480 g/mol. The van der Waals surface area contributed by atoms with Gasteiger partial charge in [-0.1, -0.05) is 320 Å². The van der Waals surface area contributed by atoms with E-state index in [4.69, 9.17) is 37.6 Å². The zero-order chi connectivity index (χ0) is 81.1.